The van der Waals surface area contributed by atoms with Crippen molar-refractivity contribution in [3.8, 4) is 0 Å². The molecule has 0 unspecified atom stereocenters. The fraction of sp³-hybridized carbons (Fsp3) is 0.519. The Morgan fingerprint density at radius 1 is 1.14 bits per heavy atom. The zero-order chi connectivity index (χ0) is 26.0. The second-order valence-corrected chi connectivity index (χ2v) is 9.35. The monoisotopic (exact) mass is 494 g/mol. The highest BCUT2D eigenvalue weighted by Crippen LogP contribution is 2.37. The van der Waals surface area contributed by atoms with Crippen LogP contribution in [0.25, 0.3) is 5.57 Å². The predicted octanol–water partition coefficient (Wildman–Crippen LogP) is 5.50. The number of esters is 1. The van der Waals surface area contributed by atoms with Crippen LogP contribution in [0.1, 0.15) is 93.4 Å². The number of ether oxygens (including phenoxy) is 1. The van der Waals surface area contributed by atoms with E-state index in [1.807, 2.05) is 26.0 Å². The number of benzene rings is 1. The summed E-state index contributed by atoms with van der Waals surface area (Å²) in [6.07, 6.45) is 11.0. The van der Waals surface area contributed by atoms with E-state index in [0.29, 0.717) is 35.4 Å². The van der Waals surface area contributed by atoms with Gasteiger partial charge in [0.15, 0.2) is 0 Å². The van der Waals surface area contributed by atoms with Crippen molar-refractivity contribution in [2.75, 3.05) is 19.0 Å². The number of nitrogens with one attached hydrogen (secondary N) is 2. The Hall–Kier alpha value is -3.49. The van der Waals surface area contributed by atoms with E-state index in [1.54, 1.807) is 19.3 Å². The number of nitrogens with zero attached hydrogens (tertiary/aromatic N) is 4. The summed E-state index contributed by atoms with van der Waals surface area (Å²) >= 11 is 0. The van der Waals surface area contributed by atoms with Crippen LogP contribution in [0.2, 0.25) is 0 Å². The molecule has 9 nitrogen and oxygen atoms in total. The number of aromatic nitrogens is 2. The van der Waals surface area contributed by atoms with Crippen molar-refractivity contribution < 1.29 is 13.9 Å². The molecule has 2 heterocycles. The largest absolute Gasteiger partial charge is 0.451 e. The van der Waals surface area contributed by atoms with Crippen LogP contribution < -0.4 is 10.6 Å². The normalized spacial score (nSPS) is 14.9. The van der Waals surface area contributed by atoms with Crippen molar-refractivity contribution >= 4 is 30.2 Å². The van der Waals surface area contributed by atoms with Crippen LogP contribution in [0.3, 0.4) is 0 Å². The summed E-state index contributed by atoms with van der Waals surface area (Å²) in [5, 5.41) is 14.7. The van der Waals surface area contributed by atoms with Gasteiger partial charge in [0, 0.05) is 30.9 Å². The molecule has 2 aromatic rings. The second kappa shape index (κ2) is 13.0. The molecule has 194 valence electrons. The van der Waals surface area contributed by atoms with Gasteiger partial charge in [0.1, 0.15) is 18.1 Å². The number of carbonyl (C=O) groups is 1. The molecule has 0 saturated heterocycles. The third-order valence-electron chi connectivity index (χ3n) is 6.17. The maximum atomic E-state index is 12.0. The number of aryl methyl sites for hydroxylation is 1. The van der Waals surface area contributed by atoms with Crippen LogP contribution in [-0.2, 0) is 16.8 Å². The molecule has 3 rings (SSSR count). The molecule has 0 aliphatic carbocycles. The first kappa shape index (κ1) is 27.1. The van der Waals surface area contributed by atoms with E-state index in [0.717, 1.165) is 30.5 Å². The lowest BCUT2D eigenvalue weighted by molar-refractivity contribution is 0.00954. The van der Waals surface area contributed by atoms with Crippen molar-refractivity contribution in [3.05, 3.63) is 46.9 Å². The number of fused-ring (bicyclic) bond motifs is 1. The Bertz CT molecular complexity index is 1100. The fourth-order valence-electron chi connectivity index (χ4n) is 4.16. The van der Waals surface area contributed by atoms with E-state index in [1.165, 1.54) is 32.1 Å². The summed E-state index contributed by atoms with van der Waals surface area (Å²) in [5.41, 5.74) is 2.22. The molecule has 0 radical (unpaired) electrons. The van der Waals surface area contributed by atoms with Gasteiger partial charge in [0.25, 0.3) is 5.89 Å². The number of anilines is 1. The van der Waals surface area contributed by atoms with Crippen molar-refractivity contribution in [1.29, 1.82) is 0 Å². The molecule has 1 aliphatic rings. The molecule has 36 heavy (non-hydrogen) atoms. The zero-order valence-electron chi connectivity index (χ0n) is 21.9. The molecule has 2 N–H and O–H groups in total. The van der Waals surface area contributed by atoms with Gasteiger partial charge in [-0.05, 0) is 45.2 Å². The number of unbranched alkanes of at least 4 members (excludes halogenated alkanes) is 6. The molecule has 9 heteroatoms. The average Bonchev–Trinajstić information content (AvgIpc) is 3.42. The summed E-state index contributed by atoms with van der Waals surface area (Å²) in [6.45, 7) is 9.91. The van der Waals surface area contributed by atoms with Crippen LogP contribution in [0.15, 0.2) is 38.4 Å². The minimum Gasteiger partial charge on any atom is -0.451 e. The van der Waals surface area contributed by atoms with E-state index in [-0.39, 0.29) is 5.97 Å². The number of cyclic esters (lactones) is 1. The number of hydrogen-bond acceptors (Lipinski definition) is 9. The summed E-state index contributed by atoms with van der Waals surface area (Å²) in [7, 11) is 1.75. The first-order valence-corrected chi connectivity index (χ1v) is 12.7. The molecule has 0 saturated carbocycles. The maximum Gasteiger partial charge on any atom is 0.339 e. The molecule has 0 fully saturated rings. The minimum absolute atomic E-state index is 0.295. The van der Waals surface area contributed by atoms with Crippen LogP contribution >= 0.6 is 0 Å². The Kier molecular flexibility index (Phi) is 9.78. The summed E-state index contributed by atoms with van der Waals surface area (Å²) < 4.78 is 11.3. The summed E-state index contributed by atoms with van der Waals surface area (Å²) in [6, 6.07) is 5.53. The van der Waals surface area contributed by atoms with Crippen molar-refractivity contribution in [3.63, 3.8) is 0 Å². The summed E-state index contributed by atoms with van der Waals surface area (Å²) in [4.78, 5) is 20.5. The van der Waals surface area contributed by atoms with Gasteiger partial charge >= 0.3 is 5.97 Å². The van der Waals surface area contributed by atoms with Gasteiger partial charge in [-0.2, -0.15) is 0 Å². The van der Waals surface area contributed by atoms with Gasteiger partial charge in [0.05, 0.1) is 11.1 Å². The third-order valence-corrected chi connectivity index (χ3v) is 6.17. The van der Waals surface area contributed by atoms with Crippen LogP contribution in [0, 0.1) is 0 Å². The molecule has 1 aromatic carbocycles. The van der Waals surface area contributed by atoms with Crippen LogP contribution in [-0.4, -0.2) is 42.8 Å². The molecule has 0 amide bonds. The second-order valence-electron chi connectivity index (χ2n) is 9.35. The standard InChI is InChI=1S/C27H38N6O3/c1-6-7-8-9-10-11-12-13-23-32-33-25(35-23)21(24(28-4)29-5)17-30-18-31-19-14-15-20-22(16-19)27(2,3)36-26(20)34/h14-17,29,31H,4,6-13,18H2,1-3,5H3/b24-21-,30-17-. The molecule has 0 bridgehead atoms. The van der Waals surface area contributed by atoms with E-state index in [9.17, 15) is 4.79 Å². The van der Waals surface area contributed by atoms with E-state index < -0.39 is 5.60 Å². The van der Waals surface area contributed by atoms with E-state index in [4.69, 9.17) is 9.15 Å². The molecular weight excluding hydrogens is 456 g/mol. The smallest absolute Gasteiger partial charge is 0.339 e. The highest BCUT2D eigenvalue weighted by atomic mass is 16.6. The van der Waals surface area contributed by atoms with Gasteiger partial charge in [-0.25, -0.2) is 9.79 Å². The number of aliphatic imine (C=N–C) groups is 2. The molecule has 0 atom stereocenters. The zero-order valence-corrected chi connectivity index (χ0v) is 21.9. The van der Waals surface area contributed by atoms with Gasteiger partial charge in [-0.1, -0.05) is 45.4 Å². The highest BCUT2D eigenvalue weighted by molar-refractivity contribution is 6.09. The Morgan fingerprint density at radius 2 is 1.89 bits per heavy atom. The van der Waals surface area contributed by atoms with Gasteiger partial charge in [-0.15, -0.1) is 10.2 Å². The average molecular weight is 495 g/mol. The van der Waals surface area contributed by atoms with Crippen LogP contribution in [0.5, 0.6) is 0 Å². The number of allylic oxidation sites excluding steroid dienone is 1. The summed E-state index contributed by atoms with van der Waals surface area (Å²) in [5.74, 6) is 1.17. The predicted molar refractivity (Wildman–Crippen MR) is 143 cm³/mol. The molecule has 1 aromatic heterocycles. The van der Waals surface area contributed by atoms with Gasteiger partial charge in [-0.3, -0.25) is 4.99 Å². The van der Waals surface area contributed by atoms with E-state index in [2.05, 4.69) is 44.5 Å². The Labute approximate surface area is 213 Å². The number of carbonyl (C=O) groups excluding carboxylic acids is 1. The SMILES string of the molecule is C=N/C(NC)=C(\C=N/CNc1ccc2c(c1)C(C)(C)OC2=O)c1nnc(CCCCCCCCC)o1. The van der Waals surface area contributed by atoms with E-state index >= 15 is 0 Å². The molecule has 1 aliphatic heterocycles. The lowest BCUT2D eigenvalue weighted by Crippen LogP contribution is -2.16. The minimum atomic E-state index is -0.647. The Balaban J connectivity index is 1.59. The van der Waals surface area contributed by atoms with Crippen LogP contribution in [0.4, 0.5) is 5.69 Å². The van der Waals surface area contributed by atoms with Gasteiger partial charge < -0.3 is 19.8 Å². The quantitative estimate of drug-likeness (QED) is 0.191. The lowest BCUT2D eigenvalue weighted by Gasteiger charge is -2.18. The Morgan fingerprint density at radius 3 is 2.61 bits per heavy atom. The fourth-order valence-corrected chi connectivity index (χ4v) is 4.16. The topological polar surface area (TPSA) is 114 Å². The lowest BCUT2D eigenvalue weighted by atomic mass is 9.95. The van der Waals surface area contributed by atoms with Crippen molar-refractivity contribution in [1.82, 2.24) is 15.5 Å². The maximum absolute atomic E-state index is 12.0. The first-order chi connectivity index (χ1) is 17.4. The molecule has 0 spiro atoms. The number of rotatable bonds is 15. The number of hydrogen-bond donors (Lipinski definition) is 2. The van der Waals surface area contributed by atoms with Crippen molar-refractivity contribution in [2.24, 2.45) is 9.98 Å². The molecular formula is C27H38N6O3. The highest BCUT2D eigenvalue weighted by Gasteiger charge is 2.37. The third kappa shape index (κ3) is 7.02. The van der Waals surface area contributed by atoms with Gasteiger partial charge in [0.2, 0.25) is 5.89 Å². The first-order valence-electron chi connectivity index (χ1n) is 12.7. The van der Waals surface area contributed by atoms with Crippen molar-refractivity contribution in [2.45, 2.75) is 77.7 Å².